The average molecular weight is 262 g/mol. The minimum Gasteiger partial charge on any atom is -0.494 e. The molecule has 0 spiro atoms. The first kappa shape index (κ1) is 11.4. The van der Waals surface area contributed by atoms with E-state index in [0.29, 0.717) is 13.2 Å². The minimum absolute atomic E-state index is 0.613. The van der Waals surface area contributed by atoms with Gasteiger partial charge in [-0.15, -0.1) is 0 Å². The molecular weight excluding hydrogens is 248 g/mol. The molecule has 0 N–H and O–H groups in total. The quantitative estimate of drug-likeness (QED) is 0.607. The van der Waals surface area contributed by atoms with Crippen LogP contribution in [0.2, 0.25) is 0 Å². The molecule has 0 aliphatic carbocycles. The Labute approximate surface area is 117 Å². The Hall–Kier alpha value is -2.48. The average Bonchev–Trinajstić information content (AvgIpc) is 2.53. The number of ether oxygens (including phenoxy) is 2. The largest absolute Gasteiger partial charge is 0.494 e. The van der Waals surface area contributed by atoms with Crippen LogP contribution in [-0.2, 0) is 9.47 Å². The van der Waals surface area contributed by atoms with Crippen molar-refractivity contribution in [2.24, 2.45) is 0 Å². The Bertz CT molecular complexity index is 818. The van der Waals surface area contributed by atoms with Gasteiger partial charge in [0.05, 0.1) is 0 Å². The molecule has 0 unspecified atom stereocenters. The maximum absolute atomic E-state index is 5.64. The van der Waals surface area contributed by atoms with Crippen molar-refractivity contribution >= 4 is 27.3 Å². The molecule has 0 bridgehead atoms. The summed E-state index contributed by atoms with van der Waals surface area (Å²) in [4.78, 5) is 0. The Balaban J connectivity index is 1.89. The zero-order valence-electron chi connectivity index (χ0n) is 11.0. The van der Waals surface area contributed by atoms with Crippen LogP contribution in [0.1, 0.15) is 5.56 Å². The second-order valence-electron chi connectivity index (χ2n) is 4.96. The molecule has 0 aromatic heterocycles. The van der Waals surface area contributed by atoms with Gasteiger partial charge in [0, 0.05) is 5.56 Å². The lowest BCUT2D eigenvalue weighted by atomic mass is 10.0. The van der Waals surface area contributed by atoms with E-state index in [2.05, 4.69) is 54.6 Å². The summed E-state index contributed by atoms with van der Waals surface area (Å²) in [5, 5.41) is 4.98. The third-order valence-corrected chi connectivity index (χ3v) is 3.64. The fourth-order valence-electron chi connectivity index (χ4n) is 2.61. The highest BCUT2D eigenvalue weighted by molar-refractivity contribution is 5.99. The molecule has 2 heteroatoms. The molecule has 4 rings (SSSR count). The van der Waals surface area contributed by atoms with Crippen LogP contribution in [-0.4, -0.2) is 13.2 Å². The molecular formula is C18H14O2. The van der Waals surface area contributed by atoms with Crippen molar-refractivity contribution in [3.8, 4) is 0 Å². The van der Waals surface area contributed by atoms with Gasteiger partial charge in [-0.3, -0.25) is 0 Å². The van der Waals surface area contributed by atoms with Gasteiger partial charge in [0.1, 0.15) is 19.5 Å². The molecule has 2 nitrogen and oxygen atoms in total. The van der Waals surface area contributed by atoms with Gasteiger partial charge in [0.2, 0.25) is 0 Å². The number of rotatable bonds is 1. The first-order chi connectivity index (χ1) is 9.90. The molecule has 3 aromatic rings. The molecule has 1 aliphatic heterocycles. The summed E-state index contributed by atoms with van der Waals surface area (Å²) >= 11 is 0. The lowest BCUT2D eigenvalue weighted by Gasteiger charge is -2.16. The van der Waals surface area contributed by atoms with Crippen LogP contribution in [0.15, 0.2) is 60.9 Å². The van der Waals surface area contributed by atoms with Crippen LogP contribution in [0.25, 0.3) is 27.3 Å². The monoisotopic (exact) mass is 262 g/mol. The van der Waals surface area contributed by atoms with Crippen LogP contribution < -0.4 is 0 Å². The zero-order chi connectivity index (χ0) is 13.4. The molecule has 20 heavy (non-hydrogen) atoms. The van der Waals surface area contributed by atoms with Crippen molar-refractivity contribution in [1.82, 2.24) is 0 Å². The molecule has 1 heterocycles. The summed E-state index contributed by atoms with van der Waals surface area (Å²) in [7, 11) is 0. The normalized spacial score (nSPS) is 14.7. The summed E-state index contributed by atoms with van der Waals surface area (Å²) in [6.07, 6.45) is 1.70. The zero-order valence-corrected chi connectivity index (χ0v) is 11.0. The van der Waals surface area contributed by atoms with Gasteiger partial charge in [-0.25, -0.2) is 0 Å². The van der Waals surface area contributed by atoms with E-state index in [1.165, 1.54) is 21.5 Å². The molecule has 0 radical (unpaired) electrons. The molecule has 98 valence electrons. The summed E-state index contributed by atoms with van der Waals surface area (Å²) < 4.78 is 11.0. The summed E-state index contributed by atoms with van der Waals surface area (Å²) in [5.74, 6) is 0.811. The van der Waals surface area contributed by atoms with Crippen molar-refractivity contribution < 1.29 is 9.47 Å². The van der Waals surface area contributed by atoms with E-state index in [1.54, 1.807) is 6.26 Å². The van der Waals surface area contributed by atoms with Crippen LogP contribution in [0, 0.1) is 0 Å². The van der Waals surface area contributed by atoms with Crippen LogP contribution in [0.5, 0.6) is 0 Å². The molecule has 0 atom stereocenters. The number of hydrogen-bond acceptors (Lipinski definition) is 2. The standard InChI is InChI=1S/C18H14O2/c1-2-4-14-10-17-11-16(18-12-19-7-8-20-18)6-5-15(17)9-13(14)3-1/h1-6,9-12H,7-8H2. The van der Waals surface area contributed by atoms with Crippen LogP contribution in [0.4, 0.5) is 0 Å². The van der Waals surface area contributed by atoms with Crippen LogP contribution in [0.3, 0.4) is 0 Å². The number of benzene rings is 3. The van der Waals surface area contributed by atoms with Crippen molar-refractivity contribution in [1.29, 1.82) is 0 Å². The lowest BCUT2D eigenvalue weighted by Crippen LogP contribution is -2.07. The Morgan fingerprint density at radius 1 is 0.700 bits per heavy atom. The van der Waals surface area contributed by atoms with E-state index in [-0.39, 0.29) is 0 Å². The molecule has 3 aromatic carbocycles. The Morgan fingerprint density at radius 2 is 1.45 bits per heavy atom. The van der Waals surface area contributed by atoms with E-state index in [9.17, 15) is 0 Å². The highest BCUT2D eigenvalue weighted by Crippen LogP contribution is 2.27. The molecule has 1 aliphatic rings. The van der Waals surface area contributed by atoms with Crippen molar-refractivity contribution in [2.45, 2.75) is 0 Å². The smallest absolute Gasteiger partial charge is 0.161 e. The highest BCUT2D eigenvalue weighted by atomic mass is 16.6. The molecule has 0 saturated carbocycles. The predicted octanol–water partition coefficient (Wildman–Crippen LogP) is 4.34. The van der Waals surface area contributed by atoms with E-state index in [0.717, 1.165) is 11.3 Å². The number of hydrogen-bond donors (Lipinski definition) is 0. The van der Waals surface area contributed by atoms with Crippen molar-refractivity contribution in [3.05, 3.63) is 66.4 Å². The lowest BCUT2D eigenvalue weighted by molar-refractivity contribution is 0.125. The molecule has 0 fully saturated rings. The van der Waals surface area contributed by atoms with E-state index < -0.39 is 0 Å². The predicted molar refractivity (Wildman–Crippen MR) is 81.3 cm³/mol. The molecule has 0 saturated heterocycles. The van der Waals surface area contributed by atoms with Gasteiger partial charge >= 0.3 is 0 Å². The Morgan fingerprint density at radius 3 is 2.20 bits per heavy atom. The fraction of sp³-hybridized carbons (Fsp3) is 0.111. The van der Waals surface area contributed by atoms with E-state index in [1.807, 2.05) is 0 Å². The third kappa shape index (κ3) is 1.90. The Kier molecular flexibility index (Phi) is 2.59. The van der Waals surface area contributed by atoms with Crippen molar-refractivity contribution in [2.75, 3.05) is 13.2 Å². The molecule has 0 amide bonds. The first-order valence-corrected chi connectivity index (χ1v) is 6.78. The summed E-state index contributed by atoms with van der Waals surface area (Å²) in [6, 6.07) is 19.2. The maximum atomic E-state index is 5.64. The van der Waals surface area contributed by atoms with Gasteiger partial charge in [-0.1, -0.05) is 36.4 Å². The number of fused-ring (bicyclic) bond motifs is 2. The van der Waals surface area contributed by atoms with E-state index >= 15 is 0 Å². The minimum atomic E-state index is 0.613. The van der Waals surface area contributed by atoms with Crippen molar-refractivity contribution in [3.63, 3.8) is 0 Å². The van der Waals surface area contributed by atoms with Crippen LogP contribution >= 0.6 is 0 Å². The maximum Gasteiger partial charge on any atom is 0.161 e. The van der Waals surface area contributed by atoms with Gasteiger partial charge < -0.3 is 9.47 Å². The highest BCUT2D eigenvalue weighted by Gasteiger charge is 2.09. The van der Waals surface area contributed by atoms with E-state index in [4.69, 9.17) is 9.47 Å². The fourth-order valence-corrected chi connectivity index (χ4v) is 2.61. The first-order valence-electron chi connectivity index (χ1n) is 6.78. The van der Waals surface area contributed by atoms with Gasteiger partial charge in [0.15, 0.2) is 5.76 Å². The second kappa shape index (κ2) is 4.57. The summed E-state index contributed by atoms with van der Waals surface area (Å²) in [5.41, 5.74) is 1.06. The van der Waals surface area contributed by atoms with Gasteiger partial charge in [-0.05, 0) is 39.7 Å². The topological polar surface area (TPSA) is 18.5 Å². The van der Waals surface area contributed by atoms with Gasteiger partial charge in [-0.2, -0.15) is 0 Å². The SMILES string of the molecule is C1=C(c2ccc3cc4ccccc4cc3c2)OCCO1. The second-order valence-corrected chi connectivity index (χ2v) is 4.96. The summed E-state index contributed by atoms with van der Waals surface area (Å²) in [6.45, 7) is 1.24. The third-order valence-electron chi connectivity index (χ3n) is 3.64. The van der Waals surface area contributed by atoms with Gasteiger partial charge in [0.25, 0.3) is 0 Å².